The second-order valence-corrected chi connectivity index (χ2v) is 7.17. The summed E-state index contributed by atoms with van der Waals surface area (Å²) >= 11 is 0. The third kappa shape index (κ3) is 14.2. The van der Waals surface area contributed by atoms with Gasteiger partial charge in [-0.05, 0) is 32.1 Å². The van der Waals surface area contributed by atoms with Crippen LogP contribution < -0.4 is 0 Å². The molecule has 1 fully saturated rings. The molecule has 19 heavy (non-hydrogen) atoms. The summed E-state index contributed by atoms with van der Waals surface area (Å²) in [5, 5.41) is 0. The van der Waals surface area contributed by atoms with Crippen LogP contribution in [0.3, 0.4) is 0 Å². The molecule has 0 aromatic heterocycles. The van der Waals surface area contributed by atoms with Gasteiger partial charge < -0.3 is 4.48 Å². The Balaban J connectivity index is 0.000000399. The maximum atomic E-state index is 9.87. The van der Waals surface area contributed by atoms with Gasteiger partial charge in [0.05, 0.1) is 26.2 Å². The number of nitrogens with zero attached hydrogens (tertiary/aromatic N) is 1. The van der Waals surface area contributed by atoms with Crippen molar-refractivity contribution in [1.82, 2.24) is 0 Å². The van der Waals surface area contributed by atoms with Crippen LogP contribution in [0.5, 0.6) is 0 Å². The van der Waals surface area contributed by atoms with Crippen LogP contribution in [0.15, 0.2) is 0 Å². The molecule has 0 atom stereocenters. The topological polar surface area (TPSA) is 0 Å². The zero-order chi connectivity index (χ0) is 15.3. The van der Waals surface area contributed by atoms with Gasteiger partial charge in [0.15, 0.2) is 0 Å². The van der Waals surface area contributed by atoms with Crippen LogP contribution in [0.25, 0.3) is 0 Å². The molecule has 1 nitrogen and oxygen atoms in total. The summed E-state index contributed by atoms with van der Waals surface area (Å²) in [6.45, 7) is 10.4. The van der Waals surface area contributed by atoms with E-state index in [0.717, 1.165) is 0 Å². The molecule has 0 bridgehead atoms. The Labute approximate surface area is 110 Å². The van der Waals surface area contributed by atoms with E-state index >= 15 is 0 Å². The number of likely N-dealkylation sites (tertiary alicyclic amines) is 1. The molecule has 0 spiro atoms. The fourth-order valence-corrected chi connectivity index (χ4v) is 2.69. The normalized spacial score (nSPS) is 22.7. The van der Waals surface area contributed by atoms with E-state index in [4.69, 9.17) is 0 Å². The van der Waals surface area contributed by atoms with Crippen molar-refractivity contribution in [1.29, 1.82) is 0 Å². The van der Waals surface area contributed by atoms with Gasteiger partial charge in [-0.15, -0.1) is 0 Å². The number of rotatable bonds is 4. The summed E-state index contributed by atoms with van der Waals surface area (Å²) < 4.78 is 60.6. The van der Waals surface area contributed by atoms with E-state index in [-0.39, 0.29) is 0 Å². The van der Waals surface area contributed by atoms with Gasteiger partial charge >= 0.3 is 33.0 Å². The Bertz CT molecular complexity index is 239. The van der Waals surface area contributed by atoms with Gasteiger partial charge in [-0.25, -0.2) is 0 Å². The first-order valence-corrected chi connectivity index (χ1v) is 8.72. The molecule has 0 unspecified atom stereocenters. The van der Waals surface area contributed by atoms with Crippen LogP contribution in [-0.2, 0) is 0 Å². The van der Waals surface area contributed by atoms with E-state index < -0.39 is 7.81 Å². The van der Waals surface area contributed by atoms with E-state index in [0.29, 0.717) is 0 Å². The van der Waals surface area contributed by atoms with Crippen molar-refractivity contribution in [2.24, 2.45) is 0 Å². The fourth-order valence-electron chi connectivity index (χ4n) is 2.69. The van der Waals surface area contributed by atoms with Crippen molar-refractivity contribution in [2.45, 2.75) is 46.0 Å². The number of piperidine rings is 1. The van der Waals surface area contributed by atoms with Crippen LogP contribution in [0.4, 0.5) is 25.2 Å². The first kappa shape index (κ1) is 19.0. The Morgan fingerprint density at radius 2 is 1.05 bits per heavy atom. The second kappa shape index (κ2) is 5.76. The molecule has 0 radical (unpaired) electrons. The molecule has 8 heteroatoms. The average Bonchev–Trinajstić information content (AvgIpc) is 2.14. The second-order valence-electron chi connectivity index (χ2n) is 5.26. The number of hydrogen-bond acceptors (Lipinski definition) is 0. The number of quaternary nitrogens is 1. The molecule has 0 N–H and O–H groups in total. The fraction of sp³-hybridized carbons (Fsp3) is 1.00. The number of hydrogen-bond donors (Lipinski definition) is 0. The van der Waals surface area contributed by atoms with Gasteiger partial charge in [-0.1, -0.05) is 13.8 Å². The molecule has 1 aliphatic heterocycles. The Morgan fingerprint density at radius 1 is 0.737 bits per heavy atom. The van der Waals surface area contributed by atoms with Crippen LogP contribution in [0, 0.1) is 0 Å². The van der Waals surface area contributed by atoms with E-state index in [1.54, 1.807) is 0 Å². The Morgan fingerprint density at radius 3 is 1.32 bits per heavy atom. The predicted octanol–water partition coefficient (Wildman–Crippen LogP) is 6.19. The van der Waals surface area contributed by atoms with Gasteiger partial charge in [-0.3, -0.25) is 0 Å². The van der Waals surface area contributed by atoms with Crippen molar-refractivity contribution in [2.75, 3.05) is 26.2 Å². The minimum atomic E-state index is -10.7. The molecule has 0 aromatic carbocycles. The first-order chi connectivity index (χ1) is 8.28. The van der Waals surface area contributed by atoms with Crippen molar-refractivity contribution < 1.29 is 29.7 Å². The molecule has 1 heterocycles. The zero-order valence-electron chi connectivity index (χ0n) is 11.5. The molecule has 1 aliphatic rings. The summed E-state index contributed by atoms with van der Waals surface area (Å²) in [5.74, 6) is 0. The van der Waals surface area contributed by atoms with Crippen LogP contribution in [0.2, 0.25) is 0 Å². The number of halogens is 6. The van der Waals surface area contributed by atoms with Crippen LogP contribution in [-0.4, -0.2) is 30.7 Å². The molecule has 0 saturated carbocycles. The molecule has 0 amide bonds. The van der Waals surface area contributed by atoms with Gasteiger partial charge in [0.2, 0.25) is 0 Å². The van der Waals surface area contributed by atoms with Crippen molar-refractivity contribution >= 4 is 7.81 Å². The summed E-state index contributed by atoms with van der Waals surface area (Å²) in [6, 6.07) is 0. The molecular weight excluding hydrogens is 291 g/mol. The van der Waals surface area contributed by atoms with Crippen molar-refractivity contribution in [3.8, 4) is 0 Å². The maximum absolute atomic E-state index is 10.7. The van der Waals surface area contributed by atoms with Crippen molar-refractivity contribution in [3.63, 3.8) is 0 Å². The SMILES string of the molecule is CCC[N+]1(CCC)CCCCC1.F[P-](F)(F)(F)(F)F. The molecule has 1 rings (SSSR count). The summed E-state index contributed by atoms with van der Waals surface area (Å²) in [4.78, 5) is 0. The summed E-state index contributed by atoms with van der Waals surface area (Å²) in [7, 11) is -10.7. The van der Waals surface area contributed by atoms with E-state index in [1.807, 2.05) is 0 Å². The first-order valence-electron chi connectivity index (χ1n) is 6.69. The van der Waals surface area contributed by atoms with Crippen LogP contribution >= 0.6 is 7.81 Å². The monoisotopic (exact) mass is 315 g/mol. The quantitative estimate of drug-likeness (QED) is 0.330. The molecule has 1 saturated heterocycles. The van der Waals surface area contributed by atoms with E-state index in [2.05, 4.69) is 13.8 Å². The Kier molecular flexibility index (Phi) is 5.75. The van der Waals surface area contributed by atoms with E-state index in [1.165, 1.54) is 62.8 Å². The zero-order valence-corrected chi connectivity index (χ0v) is 12.4. The van der Waals surface area contributed by atoms with Gasteiger partial charge in [-0.2, -0.15) is 0 Å². The van der Waals surface area contributed by atoms with Gasteiger partial charge in [0.1, 0.15) is 0 Å². The third-order valence-electron chi connectivity index (χ3n) is 3.16. The molecule has 0 aromatic rings. The summed E-state index contributed by atoms with van der Waals surface area (Å²) in [5.41, 5.74) is 0. The Hall–Kier alpha value is -0.0300. The molecular formula is C11H24F6NP. The average molecular weight is 315 g/mol. The molecule has 0 aliphatic carbocycles. The van der Waals surface area contributed by atoms with Crippen molar-refractivity contribution in [3.05, 3.63) is 0 Å². The van der Waals surface area contributed by atoms with Crippen LogP contribution in [0.1, 0.15) is 46.0 Å². The molecule has 120 valence electrons. The van der Waals surface area contributed by atoms with Gasteiger partial charge in [0.25, 0.3) is 0 Å². The standard InChI is InChI=1S/C11H24N.F6P/c1-3-8-12(9-4-2)10-6-5-7-11-12;1-7(2,3,4,5)6/h3-11H2,1-2H3;/q+1;-1. The van der Waals surface area contributed by atoms with Gasteiger partial charge in [0, 0.05) is 0 Å². The predicted molar refractivity (Wildman–Crippen MR) is 67.7 cm³/mol. The third-order valence-corrected chi connectivity index (χ3v) is 3.16. The summed E-state index contributed by atoms with van der Waals surface area (Å²) in [6.07, 6.45) is 7.15. The van der Waals surface area contributed by atoms with E-state index in [9.17, 15) is 25.2 Å². The minimum absolute atomic E-state index is 1.36.